The molecule has 4 rings (SSSR count). The van der Waals surface area contributed by atoms with E-state index in [1.54, 1.807) is 18.2 Å². The van der Waals surface area contributed by atoms with Crippen LogP contribution in [0, 0.1) is 0 Å². The number of anilines is 1. The third-order valence-electron chi connectivity index (χ3n) is 5.42. The van der Waals surface area contributed by atoms with Gasteiger partial charge in [-0.2, -0.15) is 18.3 Å². The van der Waals surface area contributed by atoms with Crippen LogP contribution in [0.2, 0.25) is 5.02 Å². The maximum Gasteiger partial charge on any atom is 0.416 e. The zero-order valence-electron chi connectivity index (χ0n) is 19.4. The third kappa shape index (κ3) is 6.40. The van der Waals surface area contributed by atoms with Crippen LogP contribution in [0.5, 0.6) is 5.75 Å². The fourth-order valence-electron chi connectivity index (χ4n) is 3.57. The Morgan fingerprint density at radius 1 is 0.974 bits per heavy atom. The molecule has 0 bridgehead atoms. The van der Waals surface area contributed by atoms with Gasteiger partial charge in [-0.1, -0.05) is 54.1 Å². The van der Waals surface area contributed by atoms with Crippen molar-refractivity contribution in [2.75, 3.05) is 5.32 Å². The average molecular weight is 542 g/mol. The lowest BCUT2D eigenvalue weighted by molar-refractivity contribution is -0.137. The van der Waals surface area contributed by atoms with Gasteiger partial charge in [0.25, 0.3) is 5.91 Å². The molecule has 0 aliphatic rings. The minimum Gasteiger partial charge on any atom is -0.506 e. The van der Waals surface area contributed by atoms with Crippen LogP contribution >= 0.6 is 11.6 Å². The highest BCUT2D eigenvalue weighted by atomic mass is 35.5. The molecule has 0 unspecified atom stereocenters. The molecule has 7 nitrogen and oxygen atoms in total. The number of hydrogen-bond acceptors (Lipinski definition) is 5. The van der Waals surface area contributed by atoms with Crippen LogP contribution in [0.25, 0.3) is 10.8 Å². The molecular weight excluding hydrogens is 523 g/mol. The van der Waals surface area contributed by atoms with Crippen molar-refractivity contribution in [3.63, 3.8) is 0 Å². The Kier molecular flexibility index (Phi) is 7.82. The predicted octanol–water partition coefficient (Wildman–Crippen LogP) is 6.73. The van der Waals surface area contributed by atoms with Gasteiger partial charge in [0.05, 0.1) is 16.8 Å². The van der Waals surface area contributed by atoms with Crippen molar-refractivity contribution < 1.29 is 32.6 Å². The number of hydrazone groups is 1. The van der Waals surface area contributed by atoms with Crippen molar-refractivity contribution in [1.82, 2.24) is 5.43 Å². The molecule has 0 saturated heterocycles. The molecule has 0 saturated carbocycles. The number of benzene rings is 4. The van der Waals surface area contributed by atoms with Crippen LogP contribution in [0.1, 0.15) is 27.0 Å². The minimum atomic E-state index is -4.53. The minimum absolute atomic E-state index is 0.0361. The summed E-state index contributed by atoms with van der Waals surface area (Å²) in [7, 11) is 0. The van der Waals surface area contributed by atoms with Crippen LogP contribution < -0.4 is 10.7 Å². The fraction of sp³-hybridized carbons (Fsp3) is 0.0741. The molecule has 0 aromatic heterocycles. The molecular formula is C27H19ClF3N3O4. The van der Waals surface area contributed by atoms with E-state index in [0.717, 1.165) is 22.9 Å². The first-order valence-electron chi connectivity index (χ1n) is 11.1. The molecule has 0 spiro atoms. The van der Waals surface area contributed by atoms with E-state index in [-0.39, 0.29) is 28.6 Å². The smallest absolute Gasteiger partial charge is 0.416 e. The summed E-state index contributed by atoms with van der Waals surface area (Å²) in [5.41, 5.74) is 3.00. The standard InChI is InChI=1S/C27H19ClF3N3O4/c28-23-12-16(10-11-24(23)35)25(36)34-32-14-17-8-9-18(22-7-2-1-6-21(17)22)15-38-26(37)33-20-5-3-4-19(13-20)27(29,30)31/h1-14,35H,15H2,(H,33,37)(H,34,36)/b32-14+. The first kappa shape index (κ1) is 26.5. The van der Waals surface area contributed by atoms with Gasteiger partial charge < -0.3 is 9.84 Å². The van der Waals surface area contributed by atoms with Crippen LogP contribution in [0.4, 0.5) is 23.7 Å². The second-order valence-corrected chi connectivity index (χ2v) is 8.41. The summed E-state index contributed by atoms with van der Waals surface area (Å²) in [5.74, 6) is -0.667. The van der Waals surface area contributed by atoms with E-state index in [9.17, 15) is 27.9 Å². The molecule has 11 heteroatoms. The number of nitrogens with zero attached hydrogens (tertiary/aromatic N) is 1. The number of aromatic hydroxyl groups is 1. The number of carbonyl (C=O) groups excluding carboxylic acids is 2. The molecule has 0 fully saturated rings. The summed E-state index contributed by atoms with van der Waals surface area (Å²) in [4.78, 5) is 24.5. The maximum absolute atomic E-state index is 12.9. The van der Waals surface area contributed by atoms with Gasteiger partial charge >= 0.3 is 12.3 Å². The van der Waals surface area contributed by atoms with E-state index in [1.165, 1.54) is 36.5 Å². The molecule has 4 aromatic carbocycles. The topological polar surface area (TPSA) is 100 Å². The van der Waals surface area contributed by atoms with Crippen molar-refractivity contribution in [2.24, 2.45) is 5.10 Å². The van der Waals surface area contributed by atoms with E-state index < -0.39 is 23.7 Å². The lowest BCUT2D eigenvalue weighted by Crippen LogP contribution is -2.17. The Morgan fingerprint density at radius 3 is 2.47 bits per heavy atom. The second-order valence-electron chi connectivity index (χ2n) is 8.00. The monoisotopic (exact) mass is 541 g/mol. The third-order valence-corrected chi connectivity index (χ3v) is 5.73. The quantitative estimate of drug-likeness (QED) is 0.186. The number of amides is 2. The number of rotatable bonds is 6. The summed E-state index contributed by atoms with van der Waals surface area (Å²) < 4.78 is 43.9. The van der Waals surface area contributed by atoms with Crippen LogP contribution in [-0.4, -0.2) is 23.3 Å². The summed E-state index contributed by atoms with van der Waals surface area (Å²) in [6.45, 7) is -0.138. The van der Waals surface area contributed by atoms with E-state index in [1.807, 2.05) is 18.2 Å². The van der Waals surface area contributed by atoms with Crippen molar-refractivity contribution in [1.29, 1.82) is 0 Å². The van der Waals surface area contributed by atoms with Crippen LogP contribution in [0.15, 0.2) is 84.0 Å². The number of nitrogens with one attached hydrogen (secondary N) is 2. The van der Waals surface area contributed by atoms with Gasteiger partial charge in [0.15, 0.2) is 0 Å². The average Bonchev–Trinajstić information content (AvgIpc) is 2.89. The summed E-state index contributed by atoms with van der Waals surface area (Å²) in [6, 6.07) is 18.9. The number of hydrogen-bond donors (Lipinski definition) is 3. The number of fused-ring (bicyclic) bond motifs is 1. The number of alkyl halides is 3. The lowest BCUT2D eigenvalue weighted by Gasteiger charge is -2.12. The van der Waals surface area contributed by atoms with Crippen molar-refractivity contribution >= 4 is 46.3 Å². The molecule has 2 amide bonds. The summed E-state index contributed by atoms with van der Waals surface area (Å²) in [5, 5.41) is 17.3. The molecule has 38 heavy (non-hydrogen) atoms. The summed E-state index contributed by atoms with van der Waals surface area (Å²) >= 11 is 5.83. The largest absolute Gasteiger partial charge is 0.506 e. The highest BCUT2D eigenvalue weighted by Crippen LogP contribution is 2.31. The number of phenols is 1. The van der Waals surface area contributed by atoms with Gasteiger partial charge in [-0.3, -0.25) is 10.1 Å². The second kappa shape index (κ2) is 11.2. The molecule has 4 aromatic rings. The van der Waals surface area contributed by atoms with Gasteiger partial charge in [-0.05, 0) is 52.7 Å². The Balaban J connectivity index is 1.43. The van der Waals surface area contributed by atoms with E-state index in [0.29, 0.717) is 11.1 Å². The molecule has 3 N–H and O–H groups in total. The van der Waals surface area contributed by atoms with Gasteiger partial charge in [-0.15, -0.1) is 0 Å². The Labute approximate surface area is 219 Å². The Morgan fingerprint density at radius 2 is 1.74 bits per heavy atom. The van der Waals surface area contributed by atoms with Gasteiger partial charge in [0, 0.05) is 16.8 Å². The lowest BCUT2D eigenvalue weighted by atomic mass is 10.0. The molecule has 0 aliphatic heterocycles. The summed E-state index contributed by atoms with van der Waals surface area (Å²) in [6.07, 6.45) is -3.99. The molecule has 0 aliphatic carbocycles. The number of halogens is 4. The molecule has 194 valence electrons. The highest BCUT2D eigenvalue weighted by molar-refractivity contribution is 6.32. The van der Waals surface area contributed by atoms with Gasteiger partial charge in [-0.25, -0.2) is 10.2 Å². The van der Waals surface area contributed by atoms with Gasteiger partial charge in [0.2, 0.25) is 0 Å². The van der Waals surface area contributed by atoms with Crippen molar-refractivity contribution in [2.45, 2.75) is 12.8 Å². The zero-order chi connectivity index (χ0) is 27.3. The zero-order valence-corrected chi connectivity index (χ0v) is 20.2. The normalized spacial score (nSPS) is 11.5. The predicted molar refractivity (Wildman–Crippen MR) is 137 cm³/mol. The molecule has 0 heterocycles. The number of phenolic OH excluding ortho intramolecular Hbond substituents is 1. The van der Waals surface area contributed by atoms with E-state index in [2.05, 4.69) is 15.8 Å². The first-order chi connectivity index (χ1) is 18.1. The van der Waals surface area contributed by atoms with Crippen molar-refractivity contribution in [3.05, 3.63) is 106 Å². The van der Waals surface area contributed by atoms with Gasteiger partial charge in [0.1, 0.15) is 12.4 Å². The van der Waals surface area contributed by atoms with Crippen LogP contribution in [0.3, 0.4) is 0 Å². The van der Waals surface area contributed by atoms with Crippen LogP contribution in [-0.2, 0) is 17.5 Å². The van der Waals surface area contributed by atoms with E-state index >= 15 is 0 Å². The number of carbonyl (C=O) groups is 2. The van der Waals surface area contributed by atoms with Crippen molar-refractivity contribution in [3.8, 4) is 5.75 Å². The first-order valence-corrected chi connectivity index (χ1v) is 11.4. The maximum atomic E-state index is 12.9. The van der Waals surface area contributed by atoms with E-state index in [4.69, 9.17) is 16.3 Å². The SMILES string of the molecule is O=C(Nc1cccc(C(F)(F)F)c1)OCc1ccc(/C=N/NC(=O)c2ccc(O)c(Cl)c2)c2ccccc12. The highest BCUT2D eigenvalue weighted by Gasteiger charge is 2.30. The number of ether oxygens (including phenoxy) is 1. The molecule has 0 radical (unpaired) electrons. The Hall–Kier alpha value is -4.57. The molecule has 0 atom stereocenters. The fourth-order valence-corrected chi connectivity index (χ4v) is 3.75. The Bertz CT molecular complexity index is 1540.